The summed E-state index contributed by atoms with van der Waals surface area (Å²) in [5.74, 6) is 0.850. The van der Waals surface area contributed by atoms with Gasteiger partial charge in [-0.3, -0.25) is 4.79 Å². The fraction of sp³-hybridized carbons (Fsp3) is 0.571. The molecule has 9 heteroatoms. The van der Waals surface area contributed by atoms with Gasteiger partial charge in [0.1, 0.15) is 11.5 Å². The molecule has 0 bridgehead atoms. The van der Waals surface area contributed by atoms with Gasteiger partial charge in [-0.15, -0.1) is 0 Å². The SMILES string of the molecule is COCCc1nsc(N2CCN(C(=O)c3cncn3C)CC2)n1. The van der Waals surface area contributed by atoms with Crippen LogP contribution in [0.1, 0.15) is 16.3 Å². The van der Waals surface area contributed by atoms with Crippen LogP contribution in [0.2, 0.25) is 0 Å². The Bertz CT molecular complexity index is 662. The molecule has 8 nitrogen and oxygen atoms in total. The fourth-order valence-electron chi connectivity index (χ4n) is 2.49. The summed E-state index contributed by atoms with van der Waals surface area (Å²) in [4.78, 5) is 25.0. The molecule has 0 spiro atoms. The summed E-state index contributed by atoms with van der Waals surface area (Å²) in [6.45, 7) is 3.52. The molecule has 0 atom stereocenters. The van der Waals surface area contributed by atoms with Crippen molar-refractivity contribution >= 4 is 22.6 Å². The number of anilines is 1. The molecule has 23 heavy (non-hydrogen) atoms. The van der Waals surface area contributed by atoms with Crippen molar-refractivity contribution in [2.24, 2.45) is 7.05 Å². The van der Waals surface area contributed by atoms with E-state index in [1.54, 1.807) is 24.2 Å². The molecule has 1 amide bonds. The number of rotatable bonds is 5. The number of aryl methyl sites for hydroxylation is 1. The number of hydrogen-bond donors (Lipinski definition) is 0. The van der Waals surface area contributed by atoms with E-state index in [0.717, 1.165) is 30.5 Å². The highest BCUT2D eigenvalue weighted by Gasteiger charge is 2.25. The number of amides is 1. The molecule has 124 valence electrons. The minimum Gasteiger partial charge on any atom is -0.384 e. The second kappa shape index (κ2) is 7.05. The topological polar surface area (TPSA) is 76.4 Å². The molecule has 0 saturated carbocycles. The first-order valence-electron chi connectivity index (χ1n) is 7.51. The zero-order valence-corrected chi connectivity index (χ0v) is 14.1. The average molecular weight is 336 g/mol. The lowest BCUT2D eigenvalue weighted by Crippen LogP contribution is -2.49. The van der Waals surface area contributed by atoms with Gasteiger partial charge < -0.3 is 19.1 Å². The van der Waals surface area contributed by atoms with Crippen molar-refractivity contribution in [3.8, 4) is 0 Å². The van der Waals surface area contributed by atoms with E-state index in [0.29, 0.717) is 25.4 Å². The van der Waals surface area contributed by atoms with Crippen molar-refractivity contribution in [2.45, 2.75) is 6.42 Å². The standard InChI is InChI=1S/C14H20N6O2S/c1-18-10-15-9-11(18)13(21)19-4-6-20(7-5-19)14-16-12(17-23-14)3-8-22-2/h9-10H,3-8H2,1-2H3. The van der Waals surface area contributed by atoms with Crippen LogP contribution in [0.15, 0.2) is 12.5 Å². The van der Waals surface area contributed by atoms with Gasteiger partial charge in [-0.1, -0.05) is 0 Å². The molecule has 2 aromatic heterocycles. The predicted octanol–water partition coefficient (Wildman–Crippen LogP) is 0.423. The van der Waals surface area contributed by atoms with Gasteiger partial charge in [0.05, 0.1) is 19.1 Å². The van der Waals surface area contributed by atoms with E-state index in [2.05, 4.69) is 19.2 Å². The number of hydrogen-bond acceptors (Lipinski definition) is 7. The Labute approximate surface area is 138 Å². The van der Waals surface area contributed by atoms with E-state index >= 15 is 0 Å². The minimum absolute atomic E-state index is 0.0303. The van der Waals surface area contributed by atoms with Crippen LogP contribution in [0, 0.1) is 0 Å². The van der Waals surface area contributed by atoms with Gasteiger partial charge in [0.15, 0.2) is 0 Å². The number of aromatic nitrogens is 4. The second-order valence-corrected chi connectivity index (χ2v) is 6.14. The third kappa shape index (κ3) is 3.50. The molecule has 3 heterocycles. The van der Waals surface area contributed by atoms with Gasteiger partial charge in [0.2, 0.25) is 5.13 Å². The smallest absolute Gasteiger partial charge is 0.272 e. The highest BCUT2D eigenvalue weighted by molar-refractivity contribution is 7.09. The van der Waals surface area contributed by atoms with Crippen LogP contribution in [-0.2, 0) is 18.2 Å². The highest BCUT2D eigenvalue weighted by Crippen LogP contribution is 2.20. The molecular formula is C14H20N6O2S. The molecule has 1 aliphatic rings. The summed E-state index contributed by atoms with van der Waals surface area (Å²) in [5.41, 5.74) is 0.621. The van der Waals surface area contributed by atoms with Gasteiger partial charge in [-0.25, -0.2) is 9.97 Å². The summed E-state index contributed by atoms with van der Waals surface area (Å²) in [5, 5.41) is 0.920. The molecule has 1 fully saturated rings. The molecule has 1 saturated heterocycles. The maximum absolute atomic E-state index is 12.5. The Kier molecular flexibility index (Phi) is 4.87. The maximum atomic E-state index is 12.5. The van der Waals surface area contributed by atoms with Crippen LogP contribution in [0.4, 0.5) is 5.13 Å². The van der Waals surface area contributed by atoms with E-state index in [1.165, 1.54) is 11.5 Å². The molecule has 2 aromatic rings. The minimum atomic E-state index is 0.0303. The molecule has 0 N–H and O–H groups in total. The molecule has 0 unspecified atom stereocenters. The number of piperazine rings is 1. The van der Waals surface area contributed by atoms with Crippen molar-refractivity contribution < 1.29 is 9.53 Å². The van der Waals surface area contributed by atoms with E-state index in [4.69, 9.17) is 4.74 Å². The number of carbonyl (C=O) groups is 1. The van der Waals surface area contributed by atoms with Gasteiger partial charge in [0, 0.05) is 58.3 Å². The lowest BCUT2D eigenvalue weighted by molar-refractivity contribution is 0.0737. The fourth-order valence-corrected chi connectivity index (χ4v) is 3.26. The van der Waals surface area contributed by atoms with Crippen molar-refractivity contribution in [1.82, 2.24) is 23.8 Å². The largest absolute Gasteiger partial charge is 0.384 e. The number of nitrogens with zero attached hydrogens (tertiary/aromatic N) is 6. The monoisotopic (exact) mass is 336 g/mol. The van der Waals surface area contributed by atoms with Gasteiger partial charge in [0.25, 0.3) is 5.91 Å². The van der Waals surface area contributed by atoms with Crippen molar-refractivity contribution in [3.05, 3.63) is 24.0 Å². The Balaban J connectivity index is 1.57. The Morgan fingerprint density at radius 1 is 1.35 bits per heavy atom. The molecule has 3 rings (SSSR count). The Morgan fingerprint density at radius 3 is 2.78 bits per heavy atom. The molecule has 0 aliphatic carbocycles. The van der Waals surface area contributed by atoms with Crippen LogP contribution >= 0.6 is 11.5 Å². The van der Waals surface area contributed by atoms with Crippen LogP contribution in [-0.4, -0.2) is 69.6 Å². The maximum Gasteiger partial charge on any atom is 0.272 e. The predicted molar refractivity (Wildman–Crippen MR) is 86.8 cm³/mol. The summed E-state index contributed by atoms with van der Waals surface area (Å²) in [6, 6.07) is 0. The van der Waals surface area contributed by atoms with Gasteiger partial charge in [-0.05, 0) is 0 Å². The first-order valence-corrected chi connectivity index (χ1v) is 8.28. The van der Waals surface area contributed by atoms with Crippen molar-refractivity contribution in [3.63, 3.8) is 0 Å². The van der Waals surface area contributed by atoms with Crippen LogP contribution in [0.5, 0.6) is 0 Å². The summed E-state index contributed by atoms with van der Waals surface area (Å²) in [7, 11) is 3.50. The normalized spacial score (nSPS) is 15.2. The second-order valence-electron chi connectivity index (χ2n) is 5.41. The summed E-state index contributed by atoms with van der Waals surface area (Å²) < 4.78 is 11.1. The highest BCUT2D eigenvalue weighted by atomic mass is 32.1. The number of methoxy groups -OCH3 is 1. The third-order valence-electron chi connectivity index (χ3n) is 3.86. The number of ether oxygens (including phenoxy) is 1. The van der Waals surface area contributed by atoms with E-state index in [-0.39, 0.29) is 5.91 Å². The van der Waals surface area contributed by atoms with Gasteiger partial charge >= 0.3 is 0 Å². The first-order chi connectivity index (χ1) is 11.2. The molecular weight excluding hydrogens is 316 g/mol. The number of carbonyl (C=O) groups excluding carboxylic acids is 1. The van der Waals surface area contributed by atoms with E-state index < -0.39 is 0 Å². The van der Waals surface area contributed by atoms with E-state index in [1.807, 2.05) is 11.9 Å². The lowest BCUT2D eigenvalue weighted by Gasteiger charge is -2.34. The molecule has 0 aromatic carbocycles. The van der Waals surface area contributed by atoms with Gasteiger partial charge in [-0.2, -0.15) is 4.37 Å². The van der Waals surface area contributed by atoms with Crippen LogP contribution in [0.3, 0.4) is 0 Å². The van der Waals surface area contributed by atoms with Crippen LogP contribution in [0.25, 0.3) is 0 Å². The summed E-state index contributed by atoms with van der Waals surface area (Å²) >= 11 is 1.41. The Hall–Kier alpha value is -2.00. The number of imidazole rings is 1. The average Bonchev–Trinajstić information content (AvgIpc) is 3.21. The summed E-state index contributed by atoms with van der Waals surface area (Å²) in [6.07, 6.45) is 3.99. The molecule has 1 aliphatic heterocycles. The molecule has 0 radical (unpaired) electrons. The zero-order valence-electron chi connectivity index (χ0n) is 13.3. The Morgan fingerprint density at radius 2 is 2.13 bits per heavy atom. The zero-order chi connectivity index (χ0) is 16.2. The third-order valence-corrected chi connectivity index (χ3v) is 4.68. The lowest BCUT2D eigenvalue weighted by atomic mass is 10.3. The van der Waals surface area contributed by atoms with Crippen molar-refractivity contribution in [1.29, 1.82) is 0 Å². The quantitative estimate of drug-likeness (QED) is 0.788. The van der Waals surface area contributed by atoms with Crippen molar-refractivity contribution in [2.75, 3.05) is 44.8 Å². The van der Waals surface area contributed by atoms with Crippen LogP contribution < -0.4 is 4.90 Å². The first kappa shape index (κ1) is 15.9. The van der Waals surface area contributed by atoms with E-state index in [9.17, 15) is 4.79 Å².